The zero-order valence-electron chi connectivity index (χ0n) is 14.8. The van der Waals surface area contributed by atoms with Crippen LogP contribution < -0.4 is 10.6 Å². The predicted molar refractivity (Wildman–Crippen MR) is 94.8 cm³/mol. The number of fused-ring (bicyclic) bond motifs is 1. The highest BCUT2D eigenvalue weighted by Crippen LogP contribution is 2.30. The highest BCUT2D eigenvalue weighted by atomic mass is 19.1. The molecule has 1 aliphatic heterocycles. The summed E-state index contributed by atoms with van der Waals surface area (Å²) >= 11 is 0. The molecule has 1 saturated heterocycles. The number of piperazine rings is 1. The van der Waals surface area contributed by atoms with Gasteiger partial charge in [-0.15, -0.1) is 0 Å². The number of hydrogen-bond acceptors (Lipinski definition) is 3. The normalized spacial score (nSPS) is 25.2. The first kappa shape index (κ1) is 18.4. The summed E-state index contributed by atoms with van der Waals surface area (Å²) in [5.41, 5.74) is 0.455. The summed E-state index contributed by atoms with van der Waals surface area (Å²) in [5, 5.41) is 5.65. The average molecular weight is 361 g/mol. The number of benzene rings is 1. The summed E-state index contributed by atoms with van der Waals surface area (Å²) in [7, 11) is 0. The topological polar surface area (TPSA) is 78.5 Å². The molecule has 0 spiro atoms. The summed E-state index contributed by atoms with van der Waals surface area (Å²) in [6, 6.07) is 4.55. The summed E-state index contributed by atoms with van der Waals surface area (Å²) in [4.78, 5) is 39.1. The molecule has 0 unspecified atom stereocenters. The first-order valence-corrected chi connectivity index (χ1v) is 9.16. The predicted octanol–water partition coefficient (Wildman–Crippen LogP) is 2.20. The largest absolute Gasteiger partial charge is 0.349 e. The lowest BCUT2D eigenvalue weighted by molar-refractivity contribution is -0.151. The number of hydrogen-bond donors (Lipinski definition) is 2. The third-order valence-corrected chi connectivity index (χ3v) is 5.15. The van der Waals surface area contributed by atoms with Gasteiger partial charge < -0.3 is 15.5 Å². The number of nitrogens with one attached hydrogen (secondary N) is 2. The van der Waals surface area contributed by atoms with E-state index in [2.05, 4.69) is 10.6 Å². The molecule has 2 N–H and O–H groups in total. The lowest BCUT2D eigenvalue weighted by Crippen LogP contribution is -2.67. The number of halogens is 1. The molecule has 3 rings (SSSR count). The van der Waals surface area contributed by atoms with Gasteiger partial charge in [-0.1, -0.05) is 19.8 Å². The van der Waals surface area contributed by atoms with E-state index in [1.807, 2.05) is 0 Å². The zero-order chi connectivity index (χ0) is 18.7. The minimum Gasteiger partial charge on any atom is -0.349 e. The number of nitrogens with zero attached hydrogens (tertiary/aromatic N) is 1. The van der Waals surface area contributed by atoms with Crippen molar-refractivity contribution in [1.29, 1.82) is 0 Å². The van der Waals surface area contributed by atoms with E-state index < -0.39 is 11.9 Å². The molecular weight excluding hydrogens is 337 g/mol. The average Bonchev–Trinajstić information content (AvgIpc) is 2.63. The van der Waals surface area contributed by atoms with Crippen molar-refractivity contribution in [3.63, 3.8) is 0 Å². The van der Waals surface area contributed by atoms with E-state index in [0.717, 1.165) is 25.7 Å². The Labute approximate surface area is 152 Å². The van der Waals surface area contributed by atoms with Crippen LogP contribution in [0.15, 0.2) is 24.3 Å². The summed E-state index contributed by atoms with van der Waals surface area (Å²) in [5.74, 6) is -1.14. The molecule has 1 aromatic rings. The van der Waals surface area contributed by atoms with Crippen LogP contribution in [0.5, 0.6) is 0 Å². The molecule has 1 heterocycles. The zero-order valence-corrected chi connectivity index (χ0v) is 14.8. The van der Waals surface area contributed by atoms with Crippen molar-refractivity contribution in [1.82, 2.24) is 10.2 Å². The first-order valence-electron chi connectivity index (χ1n) is 9.16. The van der Waals surface area contributed by atoms with Crippen LogP contribution in [0.4, 0.5) is 10.1 Å². The minimum atomic E-state index is -0.803. The first-order chi connectivity index (χ1) is 12.5. The molecule has 2 fully saturated rings. The third-order valence-electron chi connectivity index (χ3n) is 5.15. The Morgan fingerprint density at radius 3 is 2.62 bits per heavy atom. The van der Waals surface area contributed by atoms with E-state index in [0.29, 0.717) is 12.1 Å². The van der Waals surface area contributed by atoms with Crippen LogP contribution in [0.25, 0.3) is 0 Å². The molecule has 0 bridgehead atoms. The van der Waals surface area contributed by atoms with Gasteiger partial charge in [-0.2, -0.15) is 0 Å². The summed E-state index contributed by atoms with van der Waals surface area (Å²) < 4.78 is 13.0. The van der Waals surface area contributed by atoms with E-state index in [4.69, 9.17) is 0 Å². The second kappa shape index (κ2) is 7.85. The molecule has 6 nitrogen and oxygen atoms in total. The summed E-state index contributed by atoms with van der Waals surface area (Å²) in [6.45, 7) is 1.77. The lowest BCUT2D eigenvalue weighted by atomic mass is 9.85. The molecule has 1 aromatic carbocycles. The van der Waals surface area contributed by atoms with Crippen molar-refractivity contribution in [2.75, 3.05) is 5.32 Å². The van der Waals surface area contributed by atoms with Gasteiger partial charge in [0.15, 0.2) is 0 Å². The molecule has 0 radical (unpaired) electrons. The van der Waals surface area contributed by atoms with E-state index in [1.165, 1.54) is 24.3 Å². The van der Waals surface area contributed by atoms with Gasteiger partial charge in [0.2, 0.25) is 17.7 Å². The van der Waals surface area contributed by atoms with Crippen LogP contribution in [-0.2, 0) is 14.4 Å². The highest BCUT2D eigenvalue weighted by molar-refractivity contribution is 5.97. The molecule has 2 aliphatic rings. The van der Waals surface area contributed by atoms with Crippen molar-refractivity contribution in [2.24, 2.45) is 0 Å². The molecule has 3 amide bonds. The van der Waals surface area contributed by atoms with Gasteiger partial charge in [-0.3, -0.25) is 14.4 Å². The molecule has 1 saturated carbocycles. The van der Waals surface area contributed by atoms with E-state index in [-0.39, 0.29) is 36.2 Å². The smallest absolute Gasteiger partial charge is 0.243 e. The van der Waals surface area contributed by atoms with Gasteiger partial charge in [-0.05, 0) is 37.1 Å². The van der Waals surface area contributed by atoms with Crippen LogP contribution in [0, 0.1) is 5.82 Å². The Balaban J connectivity index is 1.74. The monoisotopic (exact) mass is 361 g/mol. The van der Waals surface area contributed by atoms with Crippen LogP contribution in [0.2, 0.25) is 0 Å². The van der Waals surface area contributed by atoms with Gasteiger partial charge in [-0.25, -0.2) is 4.39 Å². The molecule has 7 heteroatoms. The maximum atomic E-state index is 13.0. The second-order valence-electron chi connectivity index (χ2n) is 6.90. The number of carbonyl (C=O) groups is 3. The maximum absolute atomic E-state index is 13.0. The fraction of sp³-hybridized carbons (Fsp3) is 0.526. The van der Waals surface area contributed by atoms with Gasteiger partial charge in [0.05, 0.1) is 12.5 Å². The Morgan fingerprint density at radius 2 is 1.92 bits per heavy atom. The third kappa shape index (κ3) is 3.86. The Hall–Kier alpha value is -2.44. The van der Waals surface area contributed by atoms with Crippen molar-refractivity contribution in [3.05, 3.63) is 30.1 Å². The molecule has 26 heavy (non-hydrogen) atoms. The van der Waals surface area contributed by atoms with Crippen molar-refractivity contribution >= 4 is 23.4 Å². The van der Waals surface area contributed by atoms with Crippen molar-refractivity contribution in [2.45, 2.75) is 63.6 Å². The quantitative estimate of drug-likeness (QED) is 0.863. The SMILES string of the molecule is CCC(=O)N1[C@H](CC(=O)Nc2ccc(F)cc2)C(=O)N[C@H]2CCCC[C@H]21. The van der Waals surface area contributed by atoms with Crippen molar-refractivity contribution in [3.8, 4) is 0 Å². The Morgan fingerprint density at radius 1 is 1.23 bits per heavy atom. The number of rotatable bonds is 4. The standard InChI is InChI=1S/C19H24FN3O3/c1-2-18(25)23-15-6-4-3-5-14(15)22-19(26)16(23)11-17(24)21-13-9-7-12(20)8-10-13/h7-10,14-16H,2-6,11H2,1H3,(H,21,24)(H,22,26)/t14-,15+,16+/m0/s1. The van der Waals surface area contributed by atoms with E-state index >= 15 is 0 Å². The minimum absolute atomic E-state index is 0.0249. The fourth-order valence-corrected chi connectivity index (χ4v) is 3.90. The lowest BCUT2D eigenvalue weighted by Gasteiger charge is -2.48. The van der Waals surface area contributed by atoms with Gasteiger partial charge in [0.1, 0.15) is 11.9 Å². The highest BCUT2D eigenvalue weighted by Gasteiger charge is 2.45. The van der Waals surface area contributed by atoms with Gasteiger partial charge in [0.25, 0.3) is 0 Å². The Bertz CT molecular complexity index is 692. The van der Waals surface area contributed by atoms with Crippen LogP contribution in [0.1, 0.15) is 45.4 Å². The van der Waals surface area contributed by atoms with Crippen LogP contribution >= 0.6 is 0 Å². The maximum Gasteiger partial charge on any atom is 0.243 e. The van der Waals surface area contributed by atoms with Crippen LogP contribution in [0.3, 0.4) is 0 Å². The van der Waals surface area contributed by atoms with Crippen molar-refractivity contribution < 1.29 is 18.8 Å². The number of carbonyl (C=O) groups excluding carboxylic acids is 3. The van der Waals surface area contributed by atoms with Gasteiger partial charge >= 0.3 is 0 Å². The second-order valence-corrected chi connectivity index (χ2v) is 6.90. The molecule has 0 aromatic heterocycles. The van der Waals surface area contributed by atoms with E-state index in [9.17, 15) is 18.8 Å². The number of anilines is 1. The number of amides is 3. The van der Waals surface area contributed by atoms with E-state index in [1.54, 1.807) is 11.8 Å². The molecule has 140 valence electrons. The molecule has 3 atom stereocenters. The van der Waals surface area contributed by atoms with Gasteiger partial charge in [0, 0.05) is 18.2 Å². The molecular formula is C19H24FN3O3. The molecule has 1 aliphatic carbocycles. The fourth-order valence-electron chi connectivity index (χ4n) is 3.90. The summed E-state index contributed by atoms with van der Waals surface area (Å²) in [6.07, 6.45) is 3.93. The Kier molecular flexibility index (Phi) is 5.54. The van der Waals surface area contributed by atoms with Crippen LogP contribution in [-0.4, -0.2) is 40.7 Å².